The molecule has 0 saturated carbocycles. The van der Waals surface area contributed by atoms with Gasteiger partial charge in [-0.25, -0.2) is 13.1 Å². The van der Waals surface area contributed by atoms with Gasteiger partial charge in [-0.05, 0) is 35.0 Å². The molecule has 0 aliphatic heterocycles. The van der Waals surface area contributed by atoms with E-state index >= 15 is 0 Å². The molecule has 9 heteroatoms. The molecule has 0 saturated heterocycles. The maximum Gasteiger partial charge on any atom is 0.216 e. The number of tetrazole rings is 1. The van der Waals surface area contributed by atoms with Crippen LogP contribution in [0.2, 0.25) is 5.02 Å². The molecule has 0 bridgehead atoms. The minimum absolute atomic E-state index is 0.0700. The normalized spacial score (nSPS) is 13.5. The molecule has 2 aromatic rings. The number of rotatable bonds is 6. The quantitative estimate of drug-likeness (QED) is 0.799. The summed E-state index contributed by atoms with van der Waals surface area (Å²) in [5, 5.41) is 11.2. The summed E-state index contributed by atoms with van der Waals surface area (Å²) in [4.78, 5) is 0. The van der Waals surface area contributed by atoms with Crippen LogP contribution in [0.5, 0.6) is 0 Å². The molecule has 0 amide bonds. The van der Waals surface area contributed by atoms with E-state index in [9.17, 15) is 8.42 Å². The topological polar surface area (TPSA) is 81.0 Å². The van der Waals surface area contributed by atoms with Gasteiger partial charge in [0, 0.05) is 18.1 Å². The second-order valence-corrected chi connectivity index (χ2v) is 7.22. The van der Waals surface area contributed by atoms with Gasteiger partial charge in [0.2, 0.25) is 10.0 Å². The van der Waals surface area contributed by atoms with E-state index in [1.807, 2.05) is 13.0 Å². The molecule has 21 heavy (non-hydrogen) atoms. The molecule has 0 aliphatic carbocycles. The van der Waals surface area contributed by atoms with Crippen molar-refractivity contribution in [2.24, 2.45) is 0 Å². The first-order chi connectivity index (χ1) is 9.90. The average molecular weight is 330 g/mol. The summed E-state index contributed by atoms with van der Waals surface area (Å²) in [5.74, 6) is -0.0700. The fraction of sp³-hybridized carbons (Fsp3) is 0.417. The van der Waals surface area contributed by atoms with Crippen LogP contribution in [0.15, 0.2) is 30.6 Å². The van der Waals surface area contributed by atoms with E-state index in [4.69, 9.17) is 11.6 Å². The summed E-state index contributed by atoms with van der Waals surface area (Å²) < 4.78 is 27.4. The van der Waals surface area contributed by atoms with E-state index in [-0.39, 0.29) is 18.3 Å². The van der Waals surface area contributed by atoms with Crippen molar-refractivity contribution in [3.8, 4) is 0 Å². The number of sulfonamides is 1. The van der Waals surface area contributed by atoms with Gasteiger partial charge in [-0.15, -0.1) is 5.10 Å². The van der Waals surface area contributed by atoms with Gasteiger partial charge in [-0.3, -0.25) is 0 Å². The minimum Gasteiger partial charge on any atom is -0.231 e. The zero-order valence-electron chi connectivity index (χ0n) is 11.7. The molecule has 1 atom stereocenters. The molecule has 0 fully saturated rings. The Morgan fingerprint density at radius 3 is 2.81 bits per heavy atom. The van der Waals surface area contributed by atoms with E-state index in [0.29, 0.717) is 5.02 Å². The van der Waals surface area contributed by atoms with Gasteiger partial charge < -0.3 is 0 Å². The molecule has 0 spiro atoms. The highest BCUT2D eigenvalue weighted by atomic mass is 35.5. The van der Waals surface area contributed by atoms with Crippen LogP contribution < -0.4 is 0 Å². The van der Waals surface area contributed by atoms with Gasteiger partial charge in [-0.2, -0.15) is 4.31 Å². The Bertz CT molecular complexity index is 689. The van der Waals surface area contributed by atoms with E-state index in [1.165, 1.54) is 15.3 Å². The van der Waals surface area contributed by atoms with Crippen molar-refractivity contribution in [2.75, 3.05) is 12.8 Å². The second kappa shape index (κ2) is 6.50. The maximum absolute atomic E-state index is 12.3. The number of halogens is 1. The van der Waals surface area contributed by atoms with Crippen LogP contribution in [0.1, 0.15) is 18.5 Å². The third-order valence-electron chi connectivity index (χ3n) is 3.29. The molecule has 2 rings (SSSR count). The lowest BCUT2D eigenvalue weighted by atomic mass is 10.1. The zero-order chi connectivity index (χ0) is 15.5. The van der Waals surface area contributed by atoms with Crippen molar-refractivity contribution in [2.45, 2.75) is 19.5 Å². The molecular formula is C12H16ClN5O2S. The molecule has 7 nitrogen and oxygen atoms in total. The van der Waals surface area contributed by atoms with Gasteiger partial charge in [-0.1, -0.05) is 23.7 Å². The van der Waals surface area contributed by atoms with Crippen molar-refractivity contribution >= 4 is 21.6 Å². The Balaban J connectivity index is 2.08. The highest BCUT2D eigenvalue weighted by molar-refractivity contribution is 7.89. The van der Waals surface area contributed by atoms with Crippen molar-refractivity contribution in [1.29, 1.82) is 0 Å². The SMILES string of the molecule is CC(c1cccc(Cl)c1)N(C)S(=O)(=O)CCn1cnnn1. The first-order valence-corrected chi connectivity index (χ1v) is 8.31. The van der Waals surface area contributed by atoms with Crippen molar-refractivity contribution in [3.05, 3.63) is 41.2 Å². The summed E-state index contributed by atoms with van der Waals surface area (Å²) >= 11 is 5.94. The summed E-state index contributed by atoms with van der Waals surface area (Å²) in [6.07, 6.45) is 1.38. The van der Waals surface area contributed by atoms with Crippen molar-refractivity contribution in [1.82, 2.24) is 24.5 Å². The van der Waals surface area contributed by atoms with Gasteiger partial charge in [0.15, 0.2) is 0 Å². The van der Waals surface area contributed by atoms with E-state index in [1.54, 1.807) is 25.2 Å². The predicted octanol–water partition coefficient (Wildman–Crippen LogP) is 1.35. The molecule has 1 unspecified atom stereocenters. The first-order valence-electron chi connectivity index (χ1n) is 6.32. The number of aryl methyl sites for hydroxylation is 1. The summed E-state index contributed by atoms with van der Waals surface area (Å²) in [6, 6.07) is 6.87. The number of benzene rings is 1. The summed E-state index contributed by atoms with van der Waals surface area (Å²) in [6.45, 7) is 2.03. The third kappa shape index (κ3) is 3.99. The van der Waals surface area contributed by atoms with Gasteiger partial charge in [0.05, 0.1) is 12.3 Å². The molecular weight excluding hydrogens is 314 g/mol. The monoisotopic (exact) mass is 329 g/mol. The molecule has 1 aromatic heterocycles. The van der Waals surface area contributed by atoms with Gasteiger partial charge in [0.1, 0.15) is 6.33 Å². The minimum atomic E-state index is -3.42. The number of hydrogen-bond acceptors (Lipinski definition) is 5. The predicted molar refractivity (Wildman–Crippen MR) is 79.2 cm³/mol. The number of hydrogen-bond donors (Lipinski definition) is 0. The molecule has 114 valence electrons. The smallest absolute Gasteiger partial charge is 0.216 e. The Hall–Kier alpha value is -1.51. The second-order valence-electron chi connectivity index (χ2n) is 4.64. The summed E-state index contributed by atoms with van der Waals surface area (Å²) in [5.41, 5.74) is 0.844. The molecule has 1 heterocycles. The number of aromatic nitrogens is 4. The standard InChI is InChI=1S/C12H16ClN5O2S/c1-10(11-4-3-5-12(13)8-11)17(2)21(19,20)7-6-18-9-14-15-16-18/h3-5,8-10H,6-7H2,1-2H3. The highest BCUT2D eigenvalue weighted by Gasteiger charge is 2.24. The number of nitrogens with zero attached hydrogens (tertiary/aromatic N) is 5. The van der Waals surface area contributed by atoms with Crippen LogP contribution >= 0.6 is 11.6 Å². The lowest BCUT2D eigenvalue weighted by Gasteiger charge is -2.24. The van der Waals surface area contributed by atoms with Crippen LogP contribution in [0.25, 0.3) is 0 Å². The maximum atomic E-state index is 12.3. The van der Waals surface area contributed by atoms with Crippen LogP contribution in [0.3, 0.4) is 0 Å². The highest BCUT2D eigenvalue weighted by Crippen LogP contribution is 2.24. The van der Waals surface area contributed by atoms with Crippen molar-refractivity contribution < 1.29 is 8.42 Å². The van der Waals surface area contributed by atoms with Crippen molar-refractivity contribution in [3.63, 3.8) is 0 Å². The third-order valence-corrected chi connectivity index (χ3v) is 5.41. The van der Waals surface area contributed by atoms with Gasteiger partial charge >= 0.3 is 0 Å². The van der Waals surface area contributed by atoms with Crippen LogP contribution in [-0.4, -0.2) is 45.7 Å². The average Bonchev–Trinajstić information content (AvgIpc) is 2.97. The Labute approximate surface area is 128 Å². The Morgan fingerprint density at radius 2 is 2.19 bits per heavy atom. The lowest BCUT2D eigenvalue weighted by molar-refractivity contribution is 0.396. The first kappa shape index (κ1) is 15.9. The Kier molecular flexibility index (Phi) is 4.92. The fourth-order valence-corrected chi connectivity index (χ4v) is 3.36. The fourth-order valence-electron chi connectivity index (χ4n) is 1.85. The summed E-state index contributed by atoms with van der Waals surface area (Å²) in [7, 11) is -1.87. The zero-order valence-corrected chi connectivity index (χ0v) is 13.3. The molecule has 0 aliphatic rings. The van der Waals surface area contributed by atoms with E-state index in [2.05, 4.69) is 15.5 Å². The van der Waals surface area contributed by atoms with E-state index in [0.717, 1.165) is 5.56 Å². The largest absolute Gasteiger partial charge is 0.231 e. The lowest BCUT2D eigenvalue weighted by Crippen LogP contribution is -2.33. The van der Waals surface area contributed by atoms with Crippen LogP contribution in [0, 0.1) is 0 Å². The molecule has 0 N–H and O–H groups in total. The molecule has 0 radical (unpaired) electrons. The molecule has 1 aromatic carbocycles. The van der Waals surface area contributed by atoms with E-state index < -0.39 is 10.0 Å². The van der Waals surface area contributed by atoms with Gasteiger partial charge in [0.25, 0.3) is 0 Å². The van der Waals surface area contributed by atoms with Crippen LogP contribution in [-0.2, 0) is 16.6 Å². The Morgan fingerprint density at radius 1 is 1.43 bits per heavy atom. The van der Waals surface area contributed by atoms with Crippen LogP contribution in [0.4, 0.5) is 0 Å².